The van der Waals surface area contributed by atoms with Gasteiger partial charge in [0.15, 0.2) is 0 Å². The molecule has 0 aromatic heterocycles. The summed E-state index contributed by atoms with van der Waals surface area (Å²) in [6.07, 6.45) is 1.17. The van der Waals surface area contributed by atoms with Crippen molar-refractivity contribution in [3.8, 4) is 0 Å². The van der Waals surface area contributed by atoms with Gasteiger partial charge < -0.3 is 10.2 Å². The van der Waals surface area contributed by atoms with Gasteiger partial charge >= 0.3 is 0 Å². The summed E-state index contributed by atoms with van der Waals surface area (Å²) in [6, 6.07) is 5.38. The maximum absolute atomic E-state index is 13.5. The van der Waals surface area contributed by atoms with Crippen molar-refractivity contribution < 1.29 is 4.39 Å². The molecule has 0 bridgehead atoms. The van der Waals surface area contributed by atoms with Crippen LogP contribution < -0.4 is 10.2 Å². The first-order valence-electron chi connectivity index (χ1n) is 6.80. The van der Waals surface area contributed by atoms with Crippen LogP contribution in [0.3, 0.4) is 0 Å². The molecule has 4 heteroatoms. The van der Waals surface area contributed by atoms with Crippen LogP contribution >= 0.6 is 15.9 Å². The fraction of sp³-hybridized carbons (Fsp3) is 0.600. The molecule has 1 aromatic carbocycles. The standard InChI is InChI=1S/C15H22BrFN2/c1-15(2,3)18-9-11-6-7-19(10-11)12-4-5-13(16)14(17)8-12/h4-5,8,11,18H,6-7,9-10H2,1-3H3. The van der Waals surface area contributed by atoms with Crippen LogP contribution in [0, 0.1) is 11.7 Å². The lowest BCUT2D eigenvalue weighted by Gasteiger charge is -2.24. The summed E-state index contributed by atoms with van der Waals surface area (Å²) >= 11 is 3.19. The van der Waals surface area contributed by atoms with Crippen LogP contribution in [0.1, 0.15) is 27.2 Å². The van der Waals surface area contributed by atoms with Crippen LogP contribution in [-0.4, -0.2) is 25.2 Å². The van der Waals surface area contributed by atoms with E-state index in [9.17, 15) is 4.39 Å². The maximum atomic E-state index is 13.5. The number of hydrogen-bond acceptors (Lipinski definition) is 2. The minimum Gasteiger partial charge on any atom is -0.371 e. The number of nitrogens with zero attached hydrogens (tertiary/aromatic N) is 1. The van der Waals surface area contributed by atoms with Crippen molar-refractivity contribution in [3.05, 3.63) is 28.5 Å². The van der Waals surface area contributed by atoms with E-state index in [1.54, 1.807) is 12.1 Å². The van der Waals surface area contributed by atoms with E-state index in [0.29, 0.717) is 10.4 Å². The number of rotatable bonds is 3. The zero-order valence-corrected chi connectivity index (χ0v) is 13.4. The van der Waals surface area contributed by atoms with Gasteiger partial charge in [-0.15, -0.1) is 0 Å². The number of anilines is 1. The van der Waals surface area contributed by atoms with E-state index < -0.39 is 0 Å². The third-order valence-electron chi connectivity index (χ3n) is 3.48. The van der Waals surface area contributed by atoms with Gasteiger partial charge in [-0.05, 0) is 67.2 Å². The molecule has 1 aromatic rings. The lowest BCUT2D eigenvalue weighted by molar-refractivity contribution is 0.383. The van der Waals surface area contributed by atoms with Gasteiger partial charge in [-0.1, -0.05) is 0 Å². The van der Waals surface area contributed by atoms with Crippen molar-refractivity contribution in [2.75, 3.05) is 24.5 Å². The van der Waals surface area contributed by atoms with Gasteiger partial charge in [0.1, 0.15) is 5.82 Å². The molecule has 1 saturated heterocycles. The van der Waals surface area contributed by atoms with Crippen molar-refractivity contribution in [1.29, 1.82) is 0 Å². The van der Waals surface area contributed by atoms with Gasteiger partial charge in [0.2, 0.25) is 0 Å². The SMILES string of the molecule is CC(C)(C)NCC1CCN(c2ccc(Br)c(F)c2)C1. The van der Waals surface area contributed by atoms with Crippen molar-refractivity contribution in [3.63, 3.8) is 0 Å². The summed E-state index contributed by atoms with van der Waals surface area (Å²) in [6.45, 7) is 9.60. The molecule has 106 valence electrons. The lowest BCUT2D eigenvalue weighted by atomic mass is 10.1. The maximum Gasteiger partial charge on any atom is 0.139 e. The van der Waals surface area contributed by atoms with E-state index in [0.717, 1.165) is 25.3 Å². The zero-order chi connectivity index (χ0) is 14.0. The molecule has 1 fully saturated rings. The van der Waals surface area contributed by atoms with Crippen LogP contribution in [0.2, 0.25) is 0 Å². The Labute approximate surface area is 123 Å². The largest absolute Gasteiger partial charge is 0.371 e. The average Bonchev–Trinajstić information content (AvgIpc) is 2.78. The molecule has 0 aliphatic carbocycles. The Balaban J connectivity index is 1.92. The van der Waals surface area contributed by atoms with Gasteiger partial charge in [-0.3, -0.25) is 0 Å². The third-order valence-corrected chi connectivity index (χ3v) is 4.12. The summed E-state index contributed by atoms with van der Waals surface area (Å²) in [7, 11) is 0. The Bertz CT molecular complexity index is 442. The molecule has 1 aliphatic heterocycles. The molecule has 1 heterocycles. The van der Waals surface area contributed by atoms with Crippen molar-refractivity contribution >= 4 is 21.6 Å². The minimum atomic E-state index is -0.186. The molecule has 1 N–H and O–H groups in total. The summed E-state index contributed by atoms with van der Waals surface area (Å²) in [5.74, 6) is 0.458. The highest BCUT2D eigenvalue weighted by Crippen LogP contribution is 2.27. The molecule has 0 radical (unpaired) electrons. The number of benzene rings is 1. The summed E-state index contributed by atoms with van der Waals surface area (Å²) in [4.78, 5) is 2.27. The minimum absolute atomic E-state index is 0.164. The summed E-state index contributed by atoms with van der Waals surface area (Å²) in [5.41, 5.74) is 1.15. The molecule has 2 rings (SSSR count). The van der Waals surface area contributed by atoms with E-state index in [1.165, 1.54) is 6.42 Å². The van der Waals surface area contributed by atoms with Gasteiger partial charge in [-0.25, -0.2) is 4.39 Å². The Morgan fingerprint density at radius 3 is 2.79 bits per heavy atom. The summed E-state index contributed by atoms with van der Waals surface area (Å²) < 4.78 is 14.1. The zero-order valence-electron chi connectivity index (χ0n) is 11.8. The van der Waals surface area contributed by atoms with E-state index in [4.69, 9.17) is 0 Å². The van der Waals surface area contributed by atoms with Gasteiger partial charge in [0, 0.05) is 30.9 Å². The second-order valence-corrected chi connectivity index (χ2v) is 7.18. The smallest absolute Gasteiger partial charge is 0.139 e. The first-order valence-corrected chi connectivity index (χ1v) is 7.59. The highest BCUT2D eigenvalue weighted by molar-refractivity contribution is 9.10. The van der Waals surface area contributed by atoms with Crippen LogP contribution in [0.25, 0.3) is 0 Å². The third kappa shape index (κ3) is 4.18. The highest BCUT2D eigenvalue weighted by Gasteiger charge is 2.24. The number of nitrogens with one attached hydrogen (secondary N) is 1. The first kappa shape index (κ1) is 14.8. The molecule has 2 nitrogen and oxygen atoms in total. The second kappa shape index (κ2) is 5.80. The van der Waals surface area contributed by atoms with Gasteiger partial charge in [-0.2, -0.15) is 0 Å². The van der Waals surface area contributed by atoms with Crippen LogP contribution in [0.15, 0.2) is 22.7 Å². The van der Waals surface area contributed by atoms with Gasteiger partial charge in [0.05, 0.1) is 4.47 Å². The molecular weight excluding hydrogens is 307 g/mol. The van der Waals surface area contributed by atoms with E-state index in [1.807, 2.05) is 6.07 Å². The Morgan fingerprint density at radius 1 is 1.42 bits per heavy atom. The van der Waals surface area contributed by atoms with Crippen LogP contribution in [-0.2, 0) is 0 Å². The molecule has 1 atom stereocenters. The topological polar surface area (TPSA) is 15.3 Å². The fourth-order valence-electron chi connectivity index (χ4n) is 2.37. The van der Waals surface area contributed by atoms with Crippen LogP contribution in [0.5, 0.6) is 0 Å². The Kier molecular flexibility index (Phi) is 4.51. The Hall–Kier alpha value is -0.610. The molecule has 0 amide bonds. The predicted molar refractivity (Wildman–Crippen MR) is 82.2 cm³/mol. The first-order chi connectivity index (χ1) is 8.85. The summed E-state index contributed by atoms with van der Waals surface area (Å²) in [5, 5.41) is 3.55. The molecule has 1 unspecified atom stereocenters. The Morgan fingerprint density at radius 2 is 2.16 bits per heavy atom. The second-order valence-electron chi connectivity index (χ2n) is 6.33. The molecule has 0 saturated carbocycles. The lowest BCUT2D eigenvalue weighted by Crippen LogP contribution is -2.39. The van der Waals surface area contributed by atoms with Crippen molar-refractivity contribution in [2.45, 2.75) is 32.7 Å². The van der Waals surface area contributed by atoms with E-state index in [-0.39, 0.29) is 11.4 Å². The highest BCUT2D eigenvalue weighted by atomic mass is 79.9. The normalized spacial score (nSPS) is 20.1. The molecule has 19 heavy (non-hydrogen) atoms. The quantitative estimate of drug-likeness (QED) is 0.907. The molecular formula is C15H22BrFN2. The van der Waals surface area contributed by atoms with Crippen LogP contribution in [0.4, 0.5) is 10.1 Å². The monoisotopic (exact) mass is 328 g/mol. The number of hydrogen-bond donors (Lipinski definition) is 1. The molecule has 1 aliphatic rings. The molecule has 0 spiro atoms. The van der Waals surface area contributed by atoms with Crippen molar-refractivity contribution in [2.24, 2.45) is 5.92 Å². The number of halogens is 2. The van der Waals surface area contributed by atoms with E-state index >= 15 is 0 Å². The van der Waals surface area contributed by atoms with Crippen molar-refractivity contribution in [1.82, 2.24) is 5.32 Å². The fourth-order valence-corrected chi connectivity index (χ4v) is 2.61. The van der Waals surface area contributed by atoms with E-state index in [2.05, 4.69) is 46.9 Å². The van der Waals surface area contributed by atoms with Gasteiger partial charge in [0.25, 0.3) is 0 Å². The predicted octanol–water partition coefficient (Wildman–Crippen LogP) is 3.80. The average molecular weight is 329 g/mol.